The van der Waals surface area contributed by atoms with Crippen LogP contribution in [0, 0.1) is 0 Å². The molecule has 0 aliphatic carbocycles. The molecule has 0 unspecified atom stereocenters. The Morgan fingerprint density at radius 2 is 0.719 bits per heavy atom. The molecule has 302 valence electrons. The molecule has 0 saturated carbocycles. The van der Waals surface area contributed by atoms with Crippen molar-refractivity contribution in [3.05, 3.63) is 249 Å². The van der Waals surface area contributed by atoms with E-state index in [-0.39, 0.29) is 0 Å². The third-order valence-electron chi connectivity index (χ3n) is 12.3. The largest absolute Gasteiger partial charge is 0.310 e. The van der Waals surface area contributed by atoms with E-state index >= 15 is 0 Å². The van der Waals surface area contributed by atoms with Crippen molar-refractivity contribution in [3.63, 3.8) is 0 Å². The first-order valence-electron chi connectivity index (χ1n) is 21.7. The SMILES string of the molecule is c1ccc(-c2ccc(N(c3cccc(N(c4ccccc4)c4ccccc4)c3)c3ccc4sc5ccc(-c6ccc7c8ccccc8n(-c8ccccc8)c7c6)cc5c4c3)cc2)cc1. The molecular weight excluding hydrogens is 795 g/mol. The molecule has 0 aliphatic rings. The van der Waals surface area contributed by atoms with E-state index in [4.69, 9.17) is 0 Å². The first-order valence-corrected chi connectivity index (χ1v) is 22.6. The number of para-hydroxylation sites is 4. The second-order valence-corrected chi connectivity index (χ2v) is 17.3. The molecule has 64 heavy (non-hydrogen) atoms. The van der Waals surface area contributed by atoms with E-state index in [1.54, 1.807) is 0 Å². The van der Waals surface area contributed by atoms with Crippen LogP contribution in [0.3, 0.4) is 0 Å². The van der Waals surface area contributed by atoms with Crippen LogP contribution in [0.15, 0.2) is 249 Å². The van der Waals surface area contributed by atoms with E-state index in [0.717, 1.165) is 39.8 Å². The van der Waals surface area contributed by atoms with Crippen LogP contribution in [-0.4, -0.2) is 4.57 Å². The fourth-order valence-electron chi connectivity index (χ4n) is 9.34. The van der Waals surface area contributed by atoms with Gasteiger partial charge in [0.15, 0.2) is 0 Å². The van der Waals surface area contributed by atoms with Crippen molar-refractivity contribution in [2.24, 2.45) is 0 Å². The molecular formula is C60H41N3S. The lowest BCUT2D eigenvalue weighted by atomic mass is 10.0. The van der Waals surface area contributed by atoms with Crippen LogP contribution in [-0.2, 0) is 0 Å². The van der Waals surface area contributed by atoms with Gasteiger partial charge in [0.25, 0.3) is 0 Å². The molecule has 4 heteroatoms. The number of hydrogen-bond acceptors (Lipinski definition) is 3. The van der Waals surface area contributed by atoms with Gasteiger partial charge in [-0.2, -0.15) is 0 Å². The second-order valence-electron chi connectivity index (χ2n) is 16.2. The molecule has 0 spiro atoms. The van der Waals surface area contributed by atoms with Crippen LogP contribution in [0.4, 0.5) is 34.1 Å². The Labute approximate surface area is 376 Å². The minimum Gasteiger partial charge on any atom is -0.310 e. The summed E-state index contributed by atoms with van der Waals surface area (Å²) < 4.78 is 4.94. The zero-order valence-electron chi connectivity index (χ0n) is 34.9. The van der Waals surface area contributed by atoms with Crippen LogP contribution in [0.2, 0.25) is 0 Å². The summed E-state index contributed by atoms with van der Waals surface area (Å²) in [7, 11) is 0. The Kier molecular flexibility index (Phi) is 9.36. The Morgan fingerprint density at radius 1 is 0.266 bits per heavy atom. The van der Waals surface area contributed by atoms with E-state index in [1.165, 1.54) is 64.2 Å². The molecule has 0 saturated heterocycles. The summed E-state index contributed by atoms with van der Waals surface area (Å²) in [5.74, 6) is 0. The number of thiophene rings is 1. The van der Waals surface area contributed by atoms with Gasteiger partial charge >= 0.3 is 0 Å². The van der Waals surface area contributed by atoms with Gasteiger partial charge in [-0.25, -0.2) is 0 Å². The highest BCUT2D eigenvalue weighted by molar-refractivity contribution is 7.25. The molecule has 3 nitrogen and oxygen atoms in total. The van der Waals surface area contributed by atoms with Crippen molar-refractivity contribution < 1.29 is 0 Å². The lowest BCUT2D eigenvalue weighted by molar-refractivity contribution is 1.18. The number of benzene rings is 10. The van der Waals surface area contributed by atoms with Crippen LogP contribution in [0.25, 0.3) is 69.9 Å². The summed E-state index contributed by atoms with van der Waals surface area (Å²) in [6, 6.07) is 90.0. The van der Waals surface area contributed by atoms with Crippen LogP contribution in [0.1, 0.15) is 0 Å². The predicted octanol–water partition coefficient (Wildman–Crippen LogP) is 17.4. The maximum atomic E-state index is 2.40. The van der Waals surface area contributed by atoms with Gasteiger partial charge in [0.05, 0.1) is 11.0 Å². The van der Waals surface area contributed by atoms with E-state index in [9.17, 15) is 0 Å². The van der Waals surface area contributed by atoms with E-state index in [0.29, 0.717) is 0 Å². The lowest BCUT2D eigenvalue weighted by Gasteiger charge is -2.29. The Morgan fingerprint density at radius 3 is 1.42 bits per heavy atom. The number of anilines is 6. The summed E-state index contributed by atoms with van der Waals surface area (Å²) in [6.45, 7) is 0. The van der Waals surface area contributed by atoms with Gasteiger partial charge in [-0.05, 0) is 131 Å². The van der Waals surface area contributed by atoms with Crippen LogP contribution < -0.4 is 9.80 Å². The molecule has 0 bridgehead atoms. The topological polar surface area (TPSA) is 11.4 Å². The van der Waals surface area contributed by atoms with Crippen LogP contribution in [0.5, 0.6) is 0 Å². The minimum atomic E-state index is 1.07. The standard InChI is InChI=1S/C60H41N3S/c1-5-16-42(17-6-1)43-28-32-49(33-29-43)62(51-25-15-24-50(40-51)61(46-18-7-2-8-19-46)47-20-9-3-10-21-47)52-34-37-60-56(41-52)55-38-44(31-36-59(55)64-60)45-30-35-54-53-26-13-14-27-57(53)63(58(54)39-45)48-22-11-4-12-23-48/h1-41H. The molecule has 2 heterocycles. The maximum Gasteiger partial charge on any atom is 0.0547 e. The highest BCUT2D eigenvalue weighted by atomic mass is 32.1. The average Bonchev–Trinajstić information content (AvgIpc) is 3.90. The number of rotatable bonds is 9. The van der Waals surface area contributed by atoms with Crippen molar-refractivity contribution >= 4 is 87.4 Å². The molecule has 0 N–H and O–H groups in total. The Balaban J connectivity index is 1.00. The predicted molar refractivity (Wildman–Crippen MR) is 274 cm³/mol. The number of hydrogen-bond donors (Lipinski definition) is 0. The van der Waals surface area contributed by atoms with Crippen molar-refractivity contribution in [2.45, 2.75) is 0 Å². The monoisotopic (exact) mass is 835 g/mol. The Bertz CT molecular complexity index is 3560. The molecule has 0 radical (unpaired) electrons. The smallest absolute Gasteiger partial charge is 0.0547 e. The van der Waals surface area contributed by atoms with Gasteiger partial charge in [0.2, 0.25) is 0 Å². The average molecular weight is 836 g/mol. The quantitative estimate of drug-likeness (QED) is 0.143. The normalized spacial score (nSPS) is 11.4. The summed E-state index contributed by atoms with van der Waals surface area (Å²) >= 11 is 1.85. The van der Waals surface area contributed by atoms with Crippen molar-refractivity contribution in [1.82, 2.24) is 4.57 Å². The van der Waals surface area contributed by atoms with Gasteiger partial charge in [-0.3, -0.25) is 0 Å². The number of aromatic nitrogens is 1. The second kappa shape index (κ2) is 15.9. The number of nitrogens with zero attached hydrogens (tertiary/aromatic N) is 3. The van der Waals surface area contributed by atoms with Crippen molar-refractivity contribution in [2.75, 3.05) is 9.80 Å². The van der Waals surface area contributed by atoms with Gasteiger partial charge in [-0.1, -0.05) is 140 Å². The van der Waals surface area contributed by atoms with Crippen LogP contribution >= 0.6 is 11.3 Å². The minimum absolute atomic E-state index is 1.07. The van der Waals surface area contributed by atoms with Gasteiger partial charge in [-0.15, -0.1) is 11.3 Å². The molecule has 12 rings (SSSR count). The molecule has 10 aromatic carbocycles. The molecule has 0 fully saturated rings. The number of fused-ring (bicyclic) bond motifs is 6. The summed E-state index contributed by atoms with van der Waals surface area (Å²) in [5, 5.41) is 5.02. The van der Waals surface area contributed by atoms with E-state index in [1.807, 2.05) is 11.3 Å². The highest BCUT2D eigenvalue weighted by Crippen LogP contribution is 2.44. The third-order valence-corrected chi connectivity index (χ3v) is 13.5. The highest BCUT2D eigenvalue weighted by Gasteiger charge is 2.20. The fraction of sp³-hybridized carbons (Fsp3) is 0. The summed E-state index contributed by atoms with van der Waals surface area (Å²) in [4.78, 5) is 4.73. The zero-order valence-corrected chi connectivity index (χ0v) is 35.7. The molecule has 2 aromatic heterocycles. The first kappa shape index (κ1) is 37.6. The van der Waals surface area contributed by atoms with Crippen molar-refractivity contribution in [1.29, 1.82) is 0 Å². The Hall–Kier alpha value is -8.18. The molecule has 12 aromatic rings. The third kappa shape index (κ3) is 6.69. The lowest BCUT2D eigenvalue weighted by Crippen LogP contribution is -2.13. The molecule has 0 amide bonds. The van der Waals surface area contributed by atoms with E-state index < -0.39 is 0 Å². The summed E-state index contributed by atoms with van der Waals surface area (Å²) in [6.07, 6.45) is 0. The summed E-state index contributed by atoms with van der Waals surface area (Å²) in [5.41, 5.74) is 14.9. The van der Waals surface area contributed by atoms with Gasteiger partial charge < -0.3 is 14.4 Å². The van der Waals surface area contributed by atoms with Crippen molar-refractivity contribution in [3.8, 4) is 27.9 Å². The van der Waals surface area contributed by atoms with Gasteiger partial charge in [0, 0.05) is 70.8 Å². The molecule has 0 atom stereocenters. The van der Waals surface area contributed by atoms with E-state index in [2.05, 4.69) is 263 Å². The molecule has 0 aliphatic heterocycles. The fourth-order valence-corrected chi connectivity index (χ4v) is 10.4. The van der Waals surface area contributed by atoms with Gasteiger partial charge in [0.1, 0.15) is 0 Å². The maximum absolute atomic E-state index is 2.40. The zero-order chi connectivity index (χ0) is 42.4. The first-order chi connectivity index (χ1) is 31.7.